The molecule has 0 aliphatic heterocycles. The number of aryl methyl sites for hydroxylation is 1. The van der Waals surface area contributed by atoms with Gasteiger partial charge in [-0.1, -0.05) is 13.8 Å². The van der Waals surface area contributed by atoms with Crippen molar-refractivity contribution in [2.75, 3.05) is 6.54 Å². The Morgan fingerprint density at radius 2 is 2.00 bits per heavy atom. The lowest BCUT2D eigenvalue weighted by atomic mass is 10.2. The molecular weight excluding hydrogens is 214 g/mol. The molecule has 0 radical (unpaired) electrons. The Morgan fingerprint density at radius 1 is 1.29 bits per heavy atom. The van der Waals surface area contributed by atoms with Crippen LogP contribution in [0.2, 0.25) is 0 Å². The summed E-state index contributed by atoms with van der Waals surface area (Å²) in [5.74, 6) is 2.62. The first kappa shape index (κ1) is 14.3. The lowest BCUT2D eigenvalue weighted by Gasteiger charge is -2.05. The lowest BCUT2D eigenvalue weighted by molar-refractivity contribution is 0.0650. The van der Waals surface area contributed by atoms with E-state index in [1.54, 1.807) is 0 Å². The summed E-state index contributed by atoms with van der Waals surface area (Å²) in [5, 5.41) is 3.37. The van der Waals surface area contributed by atoms with Crippen molar-refractivity contribution in [1.29, 1.82) is 0 Å². The maximum Gasteiger partial charge on any atom is 0.118 e. The molecule has 0 bridgehead atoms. The number of hydrogen-bond acceptors (Lipinski definition) is 3. The first-order chi connectivity index (χ1) is 7.99. The Labute approximate surface area is 105 Å². The highest BCUT2D eigenvalue weighted by molar-refractivity contribution is 5.19. The number of nitrogens with one attached hydrogen (secondary N) is 1. The fraction of sp³-hybridized carbons (Fsp3) is 0.714. The third kappa shape index (κ3) is 5.37. The van der Waals surface area contributed by atoms with Gasteiger partial charge in [-0.3, -0.25) is 0 Å². The van der Waals surface area contributed by atoms with Crippen molar-refractivity contribution in [2.24, 2.45) is 5.92 Å². The van der Waals surface area contributed by atoms with Gasteiger partial charge in [0.25, 0.3) is 0 Å². The van der Waals surface area contributed by atoms with Crippen LogP contribution in [-0.4, -0.2) is 12.6 Å². The van der Waals surface area contributed by atoms with E-state index in [-0.39, 0.29) is 6.10 Å². The zero-order valence-corrected chi connectivity index (χ0v) is 11.7. The second kappa shape index (κ2) is 6.82. The molecule has 0 saturated carbocycles. The molecule has 0 unspecified atom stereocenters. The molecule has 0 atom stereocenters. The highest BCUT2D eigenvalue weighted by atomic mass is 16.5. The fourth-order valence-corrected chi connectivity index (χ4v) is 1.56. The minimum absolute atomic E-state index is 0.256. The molecule has 1 aromatic heterocycles. The Bertz CT molecular complexity index is 329. The molecule has 1 aromatic rings. The van der Waals surface area contributed by atoms with Crippen molar-refractivity contribution >= 4 is 0 Å². The van der Waals surface area contributed by atoms with Gasteiger partial charge < -0.3 is 14.5 Å². The van der Waals surface area contributed by atoms with E-state index in [1.807, 2.05) is 20.8 Å². The van der Waals surface area contributed by atoms with E-state index in [9.17, 15) is 0 Å². The van der Waals surface area contributed by atoms with Crippen molar-refractivity contribution < 1.29 is 9.15 Å². The first-order valence-corrected chi connectivity index (χ1v) is 6.39. The van der Waals surface area contributed by atoms with Gasteiger partial charge in [0.2, 0.25) is 0 Å². The third-order valence-corrected chi connectivity index (χ3v) is 2.50. The second-order valence-electron chi connectivity index (χ2n) is 5.18. The summed E-state index contributed by atoms with van der Waals surface area (Å²) in [4.78, 5) is 0. The van der Waals surface area contributed by atoms with Gasteiger partial charge in [-0.05, 0) is 39.3 Å². The SMILES string of the molecule is Cc1oc(CNCC(C)C)cc1COC(C)C. The standard InChI is InChI=1S/C14H25NO2/c1-10(2)7-15-8-14-6-13(12(5)17-14)9-16-11(3)4/h6,10-11,15H,7-9H2,1-5H3. The topological polar surface area (TPSA) is 34.4 Å². The lowest BCUT2D eigenvalue weighted by Crippen LogP contribution is -2.18. The molecule has 98 valence electrons. The molecule has 0 saturated heterocycles. The largest absolute Gasteiger partial charge is 0.465 e. The van der Waals surface area contributed by atoms with E-state index >= 15 is 0 Å². The highest BCUT2D eigenvalue weighted by Gasteiger charge is 2.08. The molecule has 3 heteroatoms. The minimum atomic E-state index is 0.256. The Kier molecular flexibility index (Phi) is 5.72. The monoisotopic (exact) mass is 239 g/mol. The zero-order chi connectivity index (χ0) is 12.8. The van der Waals surface area contributed by atoms with Crippen LogP contribution in [0.25, 0.3) is 0 Å². The summed E-state index contributed by atoms with van der Waals surface area (Å²) in [6.07, 6.45) is 0.256. The van der Waals surface area contributed by atoms with E-state index in [2.05, 4.69) is 25.2 Å². The molecule has 1 N–H and O–H groups in total. The summed E-state index contributed by atoms with van der Waals surface area (Å²) in [5.41, 5.74) is 1.15. The Hall–Kier alpha value is -0.800. The van der Waals surface area contributed by atoms with Crippen molar-refractivity contribution in [3.8, 4) is 0 Å². The average molecular weight is 239 g/mol. The van der Waals surface area contributed by atoms with Crippen molar-refractivity contribution in [3.63, 3.8) is 0 Å². The number of rotatable bonds is 7. The summed E-state index contributed by atoms with van der Waals surface area (Å²) in [7, 11) is 0. The molecule has 17 heavy (non-hydrogen) atoms. The predicted octanol–water partition coefficient (Wildman–Crippen LogP) is 3.26. The number of ether oxygens (including phenoxy) is 1. The Balaban J connectivity index is 2.44. The van der Waals surface area contributed by atoms with Gasteiger partial charge in [0.05, 0.1) is 19.3 Å². The average Bonchev–Trinajstić information content (AvgIpc) is 2.55. The number of furan rings is 1. The van der Waals surface area contributed by atoms with Crippen LogP contribution in [0.4, 0.5) is 0 Å². The Morgan fingerprint density at radius 3 is 2.59 bits per heavy atom. The minimum Gasteiger partial charge on any atom is -0.465 e. The molecule has 0 aromatic carbocycles. The summed E-state index contributed by atoms with van der Waals surface area (Å²) in [6, 6.07) is 2.09. The van der Waals surface area contributed by atoms with Gasteiger partial charge in [-0.25, -0.2) is 0 Å². The first-order valence-electron chi connectivity index (χ1n) is 6.39. The maximum atomic E-state index is 5.69. The predicted molar refractivity (Wildman–Crippen MR) is 69.9 cm³/mol. The van der Waals surface area contributed by atoms with Crippen LogP contribution in [0.1, 0.15) is 44.8 Å². The smallest absolute Gasteiger partial charge is 0.118 e. The molecule has 1 rings (SSSR count). The van der Waals surface area contributed by atoms with Crippen molar-refractivity contribution in [2.45, 2.75) is 53.9 Å². The van der Waals surface area contributed by atoms with Gasteiger partial charge in [-0.2, -0.15) is 0 Å². The van der Waals surface area contributed by atoms with E-state index in [0.717, 1.165) is 30.2 Å². The molecule has 0 aliphatic rings. The highest BCUT2D eigenvalue weighted by Crippen LogP contribution is 2.16. The van der Waals surface area contributed by atoms with Gasteiger partial charge in [0.15, 0.2) is 0 Å². The van der Waals surface area contributed by atoms with E-state index in [1.165, 1.54) is 0 Å². The molecule has 1 heterocycles. The molecule has 3 nitrogen and oxygen atoms in total. The molecule has 0 amide bonds. The van der Waals surface area contributed by atoms with Crippen LogP contribution in [0.15, 0.2) is 10.5 Å². The molecule has 0 spiro atoms. The maximum absolute atomic E-state index is 5.69. The van der Waals surface area contributed by atoms with Crippen LogP contribution in [0, 0.1) is 12.8 Å². The van der Waals surface area contributed by atoms with Crippen molar-refractivity contribution in [1.82, 2.24) is 5.32 Å². The van der Waals surface area contributed by atoms with Gasteiger partial charge in [0.1, 0.15) is 11.5 Å². The van der Waals surface area contributed by atoms with E-state index in [0.29, 0.717) is 12.5 Å². The normalized spacial score (nSPS) is 11.7. The van der Waals surface area contributed by atoms with Crippen LogP contribution in [-0.2, 0) is 17.9 Å². The summed E-state index contributed by atoms with van der Waals surface area (Å²) >= 11 is 0. The molecule has 0 fully saturated rings. The quantitative estimate of drug-likeness (QED) is 0.793. The molecule has 0 aliphatic carbocycles. The van der Waals surface area contributed by atoms with Crippen LogP contribution in [0.3, 0.4) is 0 Å². The van der Waals surface area contributed by atoms with Crippen molar-refractivity contribution in [3.05, 3.63) is 23.2 Å². The van der Waals surface area contributed by atoms with Gasteiger partial charge >= 0.3 is 0 Å². The van der Waals surface area contributed by atoms with E-state index < -0.39 is 0 Å². The second-order valence-corrected chi connectivity index (χ2v) is 5.18. The van der Waals surface area contributed by atoms with Gasteiger partial charge in [0, 0.05) is 5.56 Å². The fourth-order valence-electron chi connectivity index (χ4n) is 1.56. The third-order valence-electron chi connectivity index (χ3n) is 2.50. The summed E-state index contributed by atoms with van der Waals surface area (Å²) < 4.78 is 11.3. The van der Waals surface area contributed by atoms with Crippen LogP contribution < -0.4 is 5.32 Å². The number of hydrogen-bond donors (Lipinski definition) is 1. The van der Waals surface area contributed by atoms with Crippen LogP contribution >= 0.6 is 0 Å². The van der Waals surface area contributed by atoms with Gasteiger partial charge in [-0.15, -0.1) is 0 Å². The molecular formula is C14H25NO2. The summed E-state index contributed by atoms with van der Waals surface area (Å²) in [6.45, 7) is 12.9. The van der Waals surface area contributed by atoms with Crippen LogP contribution in [0.5, 0.6) is 0 Å². The zero-order valence-electron chi connectivity index (χ0n) is 11.7. The van der Waals surface area contributed by atoms with E-state index in [4.69, 9.17) is 9.15 Å².